The summed E-state index contributed by atoms with van der Waals surface area (Å²) in [5.41, 5.74) is 2.50. The highest BCUT2D eigenvalue weighted by Crippen LogP contribution is 2.35. The highest BCUT2D eigenvalue weighted by Gasteiger charge is 2.17. The van der Waals surface area contributed by atoms with Gasteiger partial charge in [0.1, 0.15) is 11.6 Å². The van der Waals surface area contributed by atoms with Gasteiger partial charge in [0.25, 0.3) is 0 Å². The molecule has 0 fully saturated rings. The van der Waals surface area contributed by atoms with Crippen molar-refractivity contribution in [2.45, 2.75) is 6.54 Å². The fraction of sp³-hybridized carbons (Fsp3) is 0.133. The molecule has 2 N–H and O–H groups in total. The van der Waals surface area contributed by atoms with E-state index in [1.807, 2.05) is 41.0 Å². The van der Waals surface area contributed by atoms with Crippen molar-refractivity contribution >= 4 is 56.2 Å². The van der Waals surface area contributed by atoms with Crippen molar-refractivity contribution in [1.29, 1.82) is 0 Å². The maximum atomic E-state index is 10.4. The zero-order valence-corrected chi connectivity index (χ0v) is 15.2. The van der Waals surface area contributed by atoms with E-state index in [-0.39, 0.29) is 12.4 Å². The third-order valence-electron chi connectivity index (χ3n) is 3.25. The Bertz CT molecular complexity index is 815. The maximum Gasteiger partial charge on any atom is 0.145 e. The Morgan fingerprint density at radius 1 is 1.14 bits per heavy atom. The van der Waals surface area contributed by atoms with E-state index in [1.54, 1.807) is 0 Å². The van der Waals surface area contributed by atoms with Crippen LogP contribution < -0.4 is 0 Å². The standard InChI is InChI=1S/C15H12I2N2O2/c16-9-7-10(14(21)11(17)8-9)15-18-12-3-1-2-4-13(12)19(15)5-6-20/h1-4,7-8,20-21H,5-6H2. The zero-order chi connectivity index (χ0) is 15.0. The van der Waals surface area contributed by atoms with Crippen molar-refractivity contribution in [1.82, 2.24) is 9.55 Å². The molecular weight excluding hydrogens is 494 g/mol. The van der Waals surface area contributed by atoms with Crippen molar-refractivity contribution in [2.24, 2.45) is 0 Å². The fourth-order valence-electron chi connectivity index (χ4n) is 2.34. The van der Waals surface area contributed by atoms with Gasteiger partial charge in [0.15, 0.2) is 0 Å². The molecule has 0 aliphatic rings. The molecule has 21 heavy (non-hydrogen) atoms. The summed E-state index contributed by atoms with van der Waals surface area (Å²) >= 11 is 4.34. The Morgan fingerprint density at radius 2 is 1.90 bits per heavy atom. The first-order valence-corrected chi connectivity index (χ1v) is 8.52. The van der Waals surface area contributed by atoms with Crippen LogP contribution in [0.5, 0.6) is 5.75 Å². The molecule has 3 aromatic rings. The maximum absolute atomic E-state index is 10.4. The zero-order valence-electron chi connectivity index (χ0n) is 10.9. The second-order valence-electron chi connectivity index (χ2n) is 4.58. The van der Waals surface area contributed by atoms with Gasteiger partial charge in [-0.1, -0.05) is 12.1 Å². The molecule has 0 aliphatic heterocycles. The fourth-order valence-corrected chi connectivity index (χ4v) is 4.19. The lowest BCUT2D eigenvalue weighted by Gasteiger charge is -2.10. The highest BCUT2D eigenvalue weighted by molar-refractivity contribution is 14.1. The van der Waals surface area contributed by atoms with Gasteiger partial charge < -0.3 is 14.8 Å². The summed E-state index contributed by atoms with van der Waals surface area (Å²) in [5, 5.41) is 19.7. The largest absolute Gasteiger partial charge is 0.506 e. The van der Waals surface area contributed by atoms with Crippen LogP contribution in [0, 0.1) is 7.14 Å². The number of aromatic hydroxyl groups is 1. The summed E-state index contributed by atoms with van der Waals surface area (Å²) in [4.78, 5) is 4.63. The van der Waals surface area contributed by atoms with Crippen molar-refractivity contribution in [3.05, 3.63) is 43.5 Å². The van der Waals surface area contributed by atoms with Crippen molar-refractivity contribution < 1.29 is 10.2 Å². The van der Waals surface area contributed by atoms with Gasteiger partial charge in [-0.25, -0.2) is 4.98 Å². The van der Waals surface area contributed by atoms with Crippen LogP contribution in [0.15, 0.2) is 36.4 Å². The number of aliphatic hydroxyl groups is 1. The van der Waals surface area contributed by atoms with E-state index in [0.717, 1.165) is 18.2 Å². The number of para-hydroxylation sites is 2. The average Bonchev–Trinajstić information content (AvgIpc) is 2.82. The van der Waals surface area contributed by atoms with Crippen LogP contribution in [0.2, 0.25) is 0 Å². The molecule has 1 heterocycles. The SMILES string of the molecule is OCCn1c(-c2cc(I)cc(I)c2O)nc2ccccc21. The summed E-state index contributed by atoms with van der Waals surface area (Å²) in [6.45, 7) is 0.465. The molecule has 0 unspecified atom stereocenters. The minimum absolute atomic E-state index is 0.0230. The number of rotatable bonds is 3. The van der Waals surface area contributed by atoms with Crippen molar-refractivity contribution in [3.8, 4) is 17.1 Å². The average molecular weight is 506 g/mol. The number of hydrogen-bond acceptors (Lipinski definition) is 3. The molecule has 0 bridgehead atoms. The van der Waals surface area contributed by atoms with E-state index in [9.17, 15) is 10.2 Å². The molecule has 4 nitrogen and oxygen atoms in total. The van der Waals surface area contributed by atoms with E-state index in [2.05, 4.69) is 50.2 Å². The number of nitrogens with zero attached hydrogens (tertiary/aromatic N) is 2. The van der Waals surface area contributed by atoms with Gasteiger partial charge in [0, 0.05) is 10.1 Å². The predicted octanol–water partition coefficient (Wildman–Crippen LogP) is 3.61. The van der Waals surface area contributed by atoms with E-state index < -0.39 is 0 Å². The van der Waals surface area contributed by atoms with Crippen molar-refractivity contribution in [2.75, 3.05) is 6.61 Å². The van der Waals surface area contributed by atoms with E-state index in [0.29, 0.717) is 17.9 Å². The van der Waals surface area contributed by atoms with Gasteiger partial charge in [-0.05, 0) is 69.4 Å². The predicted molar refractivity (Wildman–Crippen MR) is 99.4 cm³/mol. The molecule has 2 aromatic carbocycles. The number of hydrogen-bond donors (Lipinski definition) is 2. The lowest BCUT2D eigenvalue weighted by Crippen LogP contribution is -2.04. The summed E-state index contributed by atoms with van der Waals surface area (Å²) in [7, 11) is 0. The minimum Gasteiger partial charge on any atom is -0.506 e. The van der Waals surface area contributed by atoms with E-state index in [4.69, 9.17) is 0 Å². The van der Waals surface area contributed by atoms with Crippen LogP contribution in [0.25, 0.3) is 22.4 Å². The Balaban J connectivity index is 2.32. The molecule has 6 heteroatoms. The quantitative estimate of drug-likeness (QED) is 0.535. The molecule has 0 atom stereocenters. The van der Waals surface area contributed by atoms with E-state index >= 15 is 0 Å². The molecule has 0 amide bonds. The molecular formula is C15H12I2N2O2. The first-order valence-electron chi connectivity index (χ1n) is 6.36. The molecule has 3 rings (SSSR count). The third kappa shape index (κ3) is 2.76. The Morgan fingerprint density at radius 3 is 2.67 bits per heavy atom. The number of benzene rings is 2. The number of aromatic nitrogens is 2. The lowest BCUT2D eigenvalue weighted by atomic mass is 10.2. The molecule has 108 valence electrons. The van der Waals surface area contributed by atoms with Crippen LogP contribution in [0.1, 0.15) is 0 Å². The monoisotopic (exact) mass is 506 g/mol. The van der Waals surface area contributed by atoms with Crippen LogP contribution in [-0.4, -0.2) is 26.4 Å². The Kier molecular flexibility index (Phi) is 4.36. The second-order valence-corrected chi connectivity index (χ2v) is 6.99. The smallest absolute Gasteiger partial charge is 0.145 e. The lowest BCUT2D eigenvalue weighted by molar-refractivity contribution is 0.278. The molecule has 1 aromatic heterocycles. The number of halogens is 2. The molecule has 0 radical (unpaired) electrons. The molecule has 0 aliphatic carbocycles. The topological polar surface area (TPSA) is 58.3 Å². The molecule has 0 saturated carbocycles. The first-order chi connectivity index (χ1) is 10.1. The summed E-state index contributed by atoms with van der Waals surface area (Å²) in [6, 6.07) is 11.6. The summed E-state index contributed by atoms with van der Waals surface area (Å²) < 4.78 is 3.76. The van der Waals surface area contributed by atoms with Crippen LogP contribution >= 0.6 is 45.2 Å². The number of phenols is 1. The highest BCUT2D eigenvalue weighted by atomic mass is 127. The van der Waals surface area contributed by atoms with Gasteiger partial charge in [-0.2, -0.15) is 0 Å². The molecule has 0 saturated heterocycles. The normalized spacial score (nSPS) is 11.2. The summed E-state index contributed by atoms with van der Waals surface area (Å²) in [5.74, 6) is 0.907. The van der Waals surface area contributed by atoms with Gasteiger partial charge in [0.2, 0.25) is 0 Å². The Hall–Kier alpha value is -0.870. The number of fused-ring (bicyclic) bond motifs is 1. The number of aliphatic hydroxyl groups excluding tert-OH is 1. The van der Waals surface area contributed by atoms with Crippen LogP contribution in [0.3, 0.4) is 0 Å². The van der Waals surface area contributed by atoms with E-state index in [1.165, 1.54) is 0 Å². The van der Waals surface area contributed by atoms with Gasteiger partial charge >= 0.3 is 0 Å². The number of phenolic OH excluding ortho intramolecular Hbond substituents is 1. The second kappa shape index (κ2) is 6.09. The van der Waals surface area contributed by atoms with Crippen LogP contribution in [0.4, 0.5) is 0 Å². The Labute approximate surface area is 149 Å². The van der Waals surface area contributed by atoms with Crippen LogP contribution in [-0.2, 0) is 6.54 Å². The summed E-state index contributed by atoms with van der Waals surface area (Å²) in [6.07, 6.45) is 0. The first kappa shape index (κ1) is 15.0. The third-order valence-corrected chi connectivity index (χ3v) is 4.69. The van der Waals surface area contributed by atoms with Crippen molar-refractivity contribution in [3.63, 3.8) is 0 Å². The van der Waals surface area contributed by atoms with Gasteiger partial charge in [-0.3, -0.25) is 0 Å². The minimum atomic E-state index is 0.0230. The van der Waals surface area contributed by atoms with Gasteiger partial charge in [-0.15, -0.1) is 0 Å². The van der Waals surface area contributed by atoms with Gasteiger partial charge in [0.05, 0.1) is 26.8 Å². The number of imidazole rings is 1. The molecule has 0 spiro atoms.